The molecule has 7 heteroatoms. The number of nitrogens with one attached hydrogen (secondary N) is 2. The van der Waals surface area contributed by atoms with Crippen LogP contribution in [0.5, 0.6) is 0 Å². The van der Waals surface area contributed by atoms with Crippen LogP contribution in [-0.2, 0) is 11.3 Å². The van der Waals surface area contributed by atoms with E-state index in [-0.39, 0.29) is 36.1 Å². The molecule has 22 heavy (non-hydrogen) atoms. The Morgan fingerprint density at radius 2 is 2.09 bits per heavy atom. The van der Waals surface area contributed by atoms with E-state index in [2.05, 4.69) is 15.6 Å². The zero-order valence-corrected chi connectivity index (χ0v) is 14.9. The molecule has 0 unspecified atom stereocenters. The van der Waals surface area contributed by atoms with Crippen molar-refractivity contribution >= 4 is 29.9 Å². The Bertz CT molecular complexity index is 496. The summed E-state index contributed by atoms with van der Waals surface area (Å²) in [4.78, 5) is 4.02. The highest BCUT2D eigenvalue weighted by Crippen LogP contribution is 2.28. The van der Waals surface area contributed by atoms with Gasteiger partial charge in [-0.05, 0) is 37.0 Å². The summed E-state index contributed by atoms with van der Waals surface area (Å²) >= 11 is 0. The van der Waals surface area contributed by atoms with E-state index < -0.39 is 11.6 Å². The van der Waals surface area contributed by atoms with Crippen LogP contribution in [-0.4, -0.2) is 32.8 Å². The van der Waals surface area contributed by atoms with Crippen molar-refractivity contribution in [2.24, 2.45) is 10.9 Å². The Morgan fingerprint density at radius 3 is 2.77 bits per heavy atom. The molecule has 1 aliphatic carbocycles. The van der Waals surface area contributed by atoms with E-state index in [1.165, 1.54) is 18.9 Å². The molecule has 0 radical (unpaired) electrons. The summed E-state index contributed by atoms with van der Waals surface area (Å²) < 4.78 is 32.0. The minimum atomic E-state index is -0.454. The summed E-state index contributed by atoms with van der Waals surface area (Å²) in [5.74, 6) is 0.392. The number of rotatable bonds is 7. The van der Waals surface area contributed by atoms with E-state index in [0.717, 1.165) is 24.7 Å². The zero-order chi connectivity index (χ0) is 15.1. The summed E-state index contributed by atoms with van der Waals surface area (Å²) in [5.41, 5.74) is 0.267. The second-order valence-electron chi connectivity index (χ2n) is 5.11. The highest BCUT2D eigenvalue weighted by atomic mass is 127. The Kier molecular flexibility index (Phi) is 8.62. The minimum absolute atomic E-state index is 0. The van der Waals surface area contributed by atoms with Crippen molar-refractivity contribution in [1.82, 2.24) is 10.6 Å². The van der Waals surface area contributed by atoms with Crippen LogP contribution >= 0.6 is 24.0 Å². The maximum atomic E-state index is 13.5. The maximum absolute atomic E-state index is 13.5. The molecule has 1 aliphatic rings. The number of aliphatic imine (C=N–C) groups is 1. The standard InChI is InChI=1S/C15H21F2N3O.HI/c1-18-15(19-6-7-21-10-11-2-3-11)20-9-12-8-13(16)4-5-14(12)17;/h4-5,8,11H,2-3,6-7,9-10H2,1H3,(H2,18,19,20);1H. The van der Waals surface area contributed by atoms with E-state index in [0.29, 0.717) is 19.1 Å². The topological polar surface area (TPSA) is 45.7 Å². The zero-order valence-electron chi connectivity index (χ0n) is 12.6. The Labute approximate surface area is 146 Å². The molecule has 1 saturated carbocycles. The van der Waals surface area contributed by atoms with Crippen molar-refractivity contribution in [3.05, 3.63) is 35.4 Å². The monoisotopic (exact) mass is 425 g/mol. The summed E-state index contributed by atoms with van der Waals surface area (Å²) in [7, 11) is 1.63. The average Bonchev–Trinajstić information content (AvgIpc) is 3.29. The van der Waals surface area contributed by atoms with Gasteiger partial charge in [0, 0.05) is 32.3 Å². The second-order valence-corrected chi connectivity index (χ2v) is 5.11. The van der Waals surface area contributed by atoms with Crippen LogP contribution in [0.1, 0.15) is 18.4 Å². The van der Waals surface area contributed by atoms with Gasteiger partial charge in [-0.2, -0.15) is 0 Å². The minimum Gasteiger partial charge on any atom is -0.379 e. The number of hydrogen-bond acceptors (Lipinski definition) is 2. The van der Waals surface area contributed by atoms with Gasteiger partial charge in [-0.1, -0.05) is 0 Å². The Morgan fingerprint density at radius 1 is 1.32 bits per heavy atom. The van der Waals surface area contributed by atoms with Gasteiger partial charge in [0.15, 0.2) is 5.96 Å². The lowest BCUT2D eigenvalue weighted by Crippen LogP contribution is -2.38. The van der Waals surface area contributed by atoms with Gasteiger partial charge in [-0.3, -0.25) is 4.99 Å². The van der Waals surface area contributed by atoms with Gasteiger partial charge >= 0.3 is 0 Å². The fraction of sp³-hybridized carbons (Fsp3) is 0.533. The molecule has 0 atom stereocenters. The van der Waals surface area contributed by atoms with Gasteiger partial charge in [0.1, 0.15) is 11.6 Å². The van der Waals surface area contributed by atoms with Gasteiger partial charge in [-0.15, -0.1) is 24.0 Å². The molecular weight excluding hydrogens is 403 g/mol. The predicted octanol–water partition coefficient (Wildman–Crippen LogP) is 2.67. The molecule has 1 aromatic rings. The van der Waals surface area contributed by atoms with Crippen molar-refractivity contribution < 1.29 is 13.5 Å². The maximum Gasteiger partial charge on any atom is 0.191 e. The largest absolute Gasteiger partial charge is 0.379 e. The highest BCUT2D eigenvalue weighted by molar-refractivity contribution is 14.0. The van der Waals surface area contributed by atoms with Crippen LogP contribution in [0.15, 0.2) is 23.2 Å². The quantitative estimate of drug-likeness (QED) is 0.306. The van der Waals surface area contributed by atoms with E-state index in [4.69, 9.17) is 4.74 Å². The fourth-order valence-corrected chi connectivity index (χ4v) is 1.85. The van der Waals surface area contributed by atoms with E-state index in [9.17, 15) is 8.78 Å². The molecule has 0 saturated heterocycles. The van der Waals surface area contributed by atoms with Crippen LogP contribution in [0.4, 0.5) is 8.78 Å². The summed E-state index contributed by atoms with van der Waals surface area (Å²) in [6.45, 7) is 2.22. The summed E-state index contributed by atoms with van der Waals surface area (Å²) in [6.07, 6.45) is 2.55. The lowest BCUT2D eigenvalue weighted by Gasteiger charge is -2.12. The lowest BCUT2D eigenvalue weighted by molar-refractivity contribution is 0.129. The number of ether oxygens (including phenoxy) is 1. The number of halogens is 3. The number of benzene rings is 1. The molecule has 0 heterocycles. The first-order valence-electron chi connectivity index (χ1n) is 7.15. The average molecular weight is 425 g/mol. The van der Waals surface area contributed by atoms with Crippen molar-refractivity contribution in [2.75, 3.05) is 26.8 Å². The third-order valence-electron chi connectivity index (χ3n) is 3.27. The number of guanidine groups is 1. The predicted molar refractivity (Wildman–Crippen MR) is 93.5 cm³/mol. The SMILES string of the molecule is CN=C(NCCOCC1CC1)NCc1cc(F)ccc1F.I. The molecule has 4 nitrogen and oxygen atoms in total. The third kappa shape index (κ3) is 6.87. The van der Waals surface area contributed by atoms with Crippen molar-refractivity contribution in [2.45, 2.75) is 19.4 Å². The van der Waals surface area contributed by atoms with Crippen LogP contribution in [0, 0.1) is 17.6 Å². The number of hydrogen-bond donors (Lipinski definition) is 2. The molecule has 0 amide bonds. The first-order chi connectivity index (χ1) is 10.2. The Hall–Kier alpha value is -0.960. The van der Waals surface area contributed by atoms with Crippen LogP contribution in [0.3, 0.4) is 0 Å². The van der Waals surface area contributed by atoms with Crippen molar-refractivity contribution in [1.29, 1.82) is 0 Å². The fourth-order valence-electron chi connectivity index (χ4n) is 1.85. The van der Waals surface area contributed by atoms with Crippen molar-refractivity contribution in [3.8, 4) is 0 Å². The molecule has 0 aromatic heterocycles. The van der Waals surface area contributed by atoms with E-state index in [1.54, 1.807) is 7.05 Å². The Balaban J connectivity index is 0.00000242. The van der Waals surface area contributed by atoms with Gasteiger partial charge in [0.05, 0.1) is 6.61 Å². The summed E-state index contributed by atoms with van der Waals surface area (Å²) in [5, 5.41) is 6.01. The van der Waals surface area contributed by atoms with Gasteiger partial charge < -0.3 is 15.4 Å². The van der Waals surface area contributed by atoms with Crippen molar-refractivity contribution in [3.63, 3.8) is 0 Å². The normalized spacial score (nSPS) is 14.4. The summed E-state index contributed by atoms with van der Waals surface area (Å²) in [6, 6.07) is 3.39. The second kappa shape index (κ2) is 9.94. The molecule has 124 valence electrons. The van der Waals surface area contributed by atoms with Crippen LogP contribution in [0.25, 0.3) is 0 Å². The molecule has 0 bridgehead atoms. The third-order valence-corrected chi connectivity index (χ3v) is 3.27. The molecule has 2 N–H and O–H groups in total. The van der Waals surface area contributed by atoms with Crippen LogP contribution in [0.2, 0.25) is 0 Å². The van der Waals surface area contributed by atoms with Crippen LogP contribution < -0.4 is 10.6 Å². The number of nitrogens with zero attached hydrogens (tertiary/aromatic N) is 1. The molecule has 1 aromatic carbocycles. The molecule has 2 rings (SSSR count). The first-order valence-corrected chi connectivity index (χ1v) is 7.15. The van der Waals surface area contributed by atoms with Gasteiger partial charge in [0.25, 0.3) is 0 Å². The molecular formula is C15H22F2IN3O. The molecule has 0 aliphatic heterocycles. The molecule has 0 spiro atoms. The van der Waals surface area contributed by atoms with Gasteiger partial charge in [0.2, 0.25) is 0 Å². The van der Waals surface area contributed by atoms with E-state index >= 15 is 0 Å². The lowest BCUT2D eigenvalue weighted by atomic mass is 10.2. The molecule has 1 fully saturated rings. The van der Waals surface area contributed by atoms with E-state index in [1.807, 2.05) is 0 Å². The highest BCUT2D eigenvalue weighted by Gasteiger charge is 2.20. The smallest absolute Gasteiger partial charge is 0.191 e. The van der Waals surface area contributed by atoms with Gasteiger partial charge in [-0.25, -0.2) is 8.78 Å². The first kappa shape index (κ1) is 19.1.